The van der Waals surface area contributed by atoms with Crippen LogP contribution in [0.3, 0.4) is 0 Å². The van der Waals surface area contributed by atoms with Gasteiger partial charge in [0.2, 0.25) is 0 Å². The Hall–Kier alpha value is -1.02. The Labute approximate surface area is 78.9 Å². The molecule has 0 radical (unpaired) electrons. The maximum absolute atomic E-state index is 5.35. The zero-order chi connectivity index (χ0) is 9.47. The molecular weight excluding hydrogens is 162 g/mol. The molecule has 0 bridgehead atoms. The first-order chi connectivity index (χ1) is 6.15. The van der Waals surface area contributed by atoms with Crippen molar-refractivity contribution in [2.75, 3.05) is 7.11 Å². The van der Waals surface area contributed by atoms with E-state index in [1.54, 1.807) is 7.11 Å². The Morgan fingerprint density at radius 3 is 2.85 bits per heavy atom. The van der Waals surface area contributed by atoms with E-state index in [4.69, 9.17) is 4.74 Å². The molecule has 13 heavy (non-hydrogen) atoms. The molecule has 0 unspecified atom stereocenters. The van der Waals surface area contributed by atoms with Gasteiger partial charge in [-0.05, 0) is 25.5 Å². The van der Waals surface area contributed by atoms with Gasteiger partial charge in [-0.1, -0.05) is 12.1 Å². The lowest BCUT2D eigenvalue weighted by molar-refractivity contribution is 0.381. The van der Waals surface area contributed by atoms with Crippen LogP contribution in [0.25, 0.3) is 0 Å². The summed E-state index contributed by atoms with van der Waals surface area (Å²) in [4.78, 5) is 0. The Morgan fingerprint density at radius 1 is 1.38 bits per heavy atom. The molecule has 1 aliphatic rings. The lowest BCUT2D eigenvalue weighted by Gasteiger charge is -2.21. The van der Waals surface area contributed by atoms with Gasteiger partial charge in [0.1, 0.15) is 5.75 Å². The van der Waals surface area contributed by atoms with Crippen LogP contribution in [0.15, 0.2) is 18.2 Å². The van der Waals surface area contributed by atoms with Gasteiger partial charge in [-0.2, -0.15) is 0 Å². The summed E-state index contributed by atoms with van der Waals surface area (Å²) < 4.78 is 5.35. The van der Waals surface area contributed by atoms with Crippen molar-refractivity contribution in [3.63, 3.8) is 0 Å². The van der Waals surface area contributed by atoms with Crippen molar-refractivity contribution >= 4 is 0 Å². The Kier molecular flexibility index (Phi) is 1.81. The average Bonchev–Trinajstić information content (AvgIpc) is 2.43. The van der Waals surface area contributed by atoms with E-state index in [0.717, 1.165) is 12.3 Å². The van der Waals surface area contributed by atoms with Gasteiger partial charge in [0.05, 0.1) is 7.11 Å². The number of rotatable bonds is 1. The molecule has 0 amide bonds. The Morgan fingerprint density at radius 2 is 2.15 bits per heavy atom. The SMILES string of the molecule is COc1cccc2c1C(C)(C)NC2. The van der Waals surface area contributed by atoms with Crippen LogP contribution in [0.5, 0.6) is 5.75 Å². The van der Waals surface area contributed by atoms with Crippen LogP contribution in [-0.2, 0) is 12.1 Å². The summed E-state index contributed by atoms with van der Waals surface area (Å²) in [6.45, 7) is 5.31. The van der Waals surface area contributed by atoms with E-state index in [9.17, 15) is 0 Å². The summed E-state index contributed by atoms with van der Waals surface area (Å²) in [6.07, 6.45) is 0. The van der Waals surface area contributed by atoms with E-state index in [1.807, 2.05) is 12.1 Å². The molecule has 2 rings (SSSR count). The van der Waals surface area contributed by atoms with Crippen molar-refractivity contribution in [2.24, 2.45) is 0 Å². The summed E-state index contributed by atoms with van der Waals surface area (Å²) in [5.41, 5.74) is 2.70. The molecule has 0 aliphatic carbocycles. The van der Waals surface area contributed by atoms with Crippen LogP contribution in [0.1, 0.15) is 25.0 Å². The first-order valence-corrected chi connectivity index (χ1v) is 4.56. The predicted octanol–water partition coefficient (Wildman–Crippen LogP) is 2.03. The van der Waals surface area contributed by atoms with Crippen LogP contribution in [0.2, 0.25) is 0 Å². The standard InChI is InChI=1S/C11H15NO/c1-11(2)10-8(7-12-11)5-4-6-9(10)13-3/h4-6,12H,7H2,1-3H3. The third kappa shape index (κ3) is 1.22. The fraction of sp³-hybridized carbons (Fsp3) is 0.455. The number of hydrogen-bond donors (Lipinski definition) is 1. The predicted molar refractivity (Wildman–Crippen MR) is 52.9 cm³/mol. The zero-order valence-corrected chi connectivity index (χ0v) is 8.35. The minimum atomic E-state index is 0.0436. The molecule has 1 N–H and O–H groups in total. The quantitative estimate of drug-likeness (QED) is 0.708. The van der Waals surface area contributed by atoms with Gasteiger partial charge < -0.3 is 10.1 Å². The van der Waals surface area contributed by atoms with Crippen LogP contribution in [-0.4, -0.2) is 7.11 Å². The smallest absolute Gasteiger partial charge is 0.124 e. The second kappa shape index (κ2) is 2.74. The van der Waals surface area contributed by atoms with Crippen LogP contribution >= 0.6 is 0 Å². The Balaban J connectivity index is 2.60. The summed E-state index contributed by atoms with van der Waals surface area (Å²) in [7, 11) is 1.73. The highest BCUT2D eigenvalue weighted by Crippen LogP contribution is 2.37. The maximum Gasteiger partial charge on any atom is 0.124 e. The second-order valence-electron chi connectivity index (χ2n) is 3.97. The molecule has 0 saturated heterocycles. The third-order valence-corrected chi connectivity index (χ3v) is 2.68. The summed E-state index contributed by atoms with van der Waals surface area (Å²) in [6, 6.07) is 6.22. The molecular formula is C11H15NO. The molecule has 1 aliphatic heterocycles. The highest BCUT2D eigenvalue weighted by molar-refractivity contribution is 5.47. The van der Waals surface area contributed by atoms with Gasteiger partial charge in [0.25, 0.3) is 0 Å². The maximum atomic E-state index is 5.35. The summed E-state index contributed by atoms with van der Waals surface area (Å²) >= 11 is 0. The monoisotopic (exact) mass is 177 g/mol. The van der Waals surface area contributed by atoms with Crippen molar-refractivity contribution in [3.05, 3.63) is 29.3 Å². The fourth-order valence-corrected chi connectivity index (χ4v) is 2.01. The Bertz CT molecular complexity index is 331. The van der Waals surface area contributed by atoms with E-state index in [1.165, 1.54) is 11.1 Å². The van der Waals surface area contributed by atoms with Gasteiger partial charge in [-0.25, -0.2) is 0 Å². The minimum Gasteiger partial charge on any atom is -0.496 e. The molecule has 2 heteroatoms. The summed E-state index contributed by atoms with van der Waals surface area (Å²) in [5.74, 6) is 0.993. The molecule has 2 nitrogen and oxygen atoms in total. The van der Waals surface area contributed by atoms with Gasteiger partial charge in [-0.15, -0.1) is 0 Å². The average molecular weight is 177 g/mol. The highest BCUT2D eigenvalue weighted by Gasteiger charge is 2.31. The molecule has 1 aromatic carbocycles. The number of methoxy groups -OCH3 is 1. The third-order valence-electron chi connectivity index (χ3n) is 2.68. The molecule has 70 valence electrons. The molecule has 0 spiro atoms. The number of nitrogens with one attached hydrogen (secondary N) is 1. The van der Waals surface area contributed by atoms with Gasteiger partial charge in [0.15, 0.2) is 0 Å². The van der Waals surface area contributed by atoms with E-state index >= 15 is 0 Å². The van der Waals surface area contributed by atoms with Crippen molar-refractivity contribution < 1.29 is 4.74 Å². The number of fused-ring (bicyclic) bond motifs is 1. The lowest BCUT2D eigenvalue weighted by atomic mass is 9.94. The number of hydrogen-bond acceptors (Lipinski definition) is 2. The van der Waals surface area contributed by atoms with Crippen molar-refractivity contribution in [3.8, 4) is 5.75 Å². The van der Waals surface area contributed by atoms with Crippen molar-refractivity contribution in [2.45, 2.75) is 25.9 Å². The lowest BCUT2D eigenvalue weighted by Crippen LogP contribution is -2.29. The van der Waals surface area contributed by atoms with Crippen LogP contribution in [0.4, 0.5) is 0 Å². The molecule has 0 saturated carbocycles. The largest absolute Gasteiger partial charge is 0.496 e. The van der Waals surface area contributed by atoms with Crippen LogP contribution < -0.4 is 10.1 Å². The van der Waals surface area contributed by atoms with E-state index in [-0.39, 0.29) is 5.54 Å². The summed E-state index contributed by atoms with van der Waals surface area (Å²) in [5, 5.41) is 3.46. The number of ether oxygens (including phenoxy) is 1. The van der Waals surface area contributed by atoms with Gasteiger partial charge >= 0.3 is 0 Å². The second-order valence-corrected chi connectivity index (χ2v) is 3.97. The minimum absolute atomic E-state index is 0.0436. The molecule has 0 atom stereocenters. The molecule has 1 aromatic rings. The molecule has 0 fully saturated rings. The van der Waals surface area contributed by atoms with Crippen LogP contribution in [0, 0.1) is 0 Å². The van der Waals surface area contributed by atoms with E-state index < -0.39 is 0 Å². The first-order valence-electron chi connectivity index (χ1n) is 4.56. The first kappa shape index (κ1) is 8.57. The number of benzene rings is 1. The van der Waals surface area contributed by atoms with Crippen molar-refractivity contribution in [1.29, 1.82) is 0 Å². The van der Waals surface area contributed by atoms with E-state index in [0.29, 0.717) is 0 Å². The van der Waals surface area contributed by atoms with Crippen molar-refractivity contribution in [1.82, 2.24) is 5.32 Å². The van der Waals surface area contributed by atoms with Gasteiger partial charge in [-0.3, -0.25) is 0 Å². The van der Waals surface area contributed by atoms with Gasteiger partial charge in [0, 0.05) is 17.6 Å². The molecule has 0 aromatic heterocycles. The zero-order valence-electron chi connectivity index (χ0n) is 8.35. The molecule has 1 heterocycles. The van der Waals surface area contributed by atoms with E-state index in [2.05, 4.69) is 25.2 Å². The fourth-order valence-electron chi connectivity index (χ4n) is 2.01. The highest BCUT2D eigenvalue weighted by atomic mass is 16.5. The topological polar surface area (TPSA) is 21.3 Å². The normalized spacial score (nSPS) is 18.4.